The Kier molecular flexibility index (Phi) is 3.16. The molecule has 0 saturated carbocycles. The molecule has 3 aromatic rings. The molecule has 100 valence electrons. The molecule has 0 aliphatic rings. The van der Waals surface area contributed by atoms with Gasteiger partial charge in [0, 0.05) is 0 Å². The van der Waals surface area contributed by atoms with Crippen LogP contribution in [-0.4, -0.2) is 9.78 Å². The van der Waals surface area contributed by atoms with Crippen LogP contribution < -0.4 is 4.74 Å². The molecular formula is C15H10F2N2O. The fourth-order valence-corrected chi connectivity index (χ4v) is 1.77. The van der Waals surface area contributed by atoms with Gasteiger partial charge in [-0.25, -0.2) is 13.5 Å². The van der Waals surface area contributed by atoms with Crippen molar-refractivity contribution in [2.24, 2.45) is 0 Å². The van der Waals surface area contributed by atoms with E-state index in [4.69, 9.17) is 4.74 Å². The Morgan fingerprint density at radius 2 is 1.65 bits per heavy atom. The van der Waals surface area contributed by atoms with Crippen LogP contribution in [0.1, 0.15) is 0 Å². The minimum Gasteiger partial charge on any atom is -0.454 e. The second-order valence-corrected chi connectivity index (χ2v) is 4.13. The number of halogens is 2. The number of ether oxygens (including phenoxy) is 1. The van der Waals surface area contributed by atoms with Gasteiger partial charge in [-0.05, 0) is 36.4 Å². The summed E-state index contributed by atoms with van der Waals surface area (Å²) in [5.41, 5.74) is 0.335. The van der Waals surface area contributed by atoms with Gasteiger partial charge < -0.3 is 4.74 Å². The van der Waals surface area contributed by atoms with E-state index in [0.717, 1.165) is 0 Å². The predicted molar refractivity (Wildman–Crippen MR) is 70.0 cm³/mol. The van der Waals surface area contributed by atoms with Crippen LogP contribution in [0.4, 0.5) is 8.78 Å². The normalized spacial score (nSPS) is 10.5. The Balaban J connectivity index is 1.84. The average Bonchev–Trinajstić information content (AvgIpc) is 2.90. The molecule has 5 heteroatoms. The number of nitrogens with zero attached hydrogens (tertiary/aromatic N) is 2. The molecule has 3 nitrogen and oxygen atoms in total. The highest BCUT2D eigenvalue weighted by Gasteiger charge is 2.07. The second-order valence-electron chi connectivity index (χ2n) is 4.13. The molecule has 0 aliphatic carbocycles. The fraction of sp³-hybridized carbons (Fsp3) is 0. The zero-order valence-electron chi connectivity index (χ0n) is 10.3. The lowest BCUT2D eigenvalue weighted by molar-refractivity contribution is 0.480. The molecule has 0 N–H and O–H groups in total. The SMILES string of the molecule is Fc1ccc(Oc2cnn(-c3ccccc3F)c2)cc1. The summed E-state index contributed by atoms with van der Waals surface area (Å²) in [6.45, 7) is 0. The smallest absolute Gasteiger partial charge is 0.165 e. The van der Waals surface area contributed by atoms with E-state index >= 15 is 0 Å². The van der Waals surface area contributed by atoms with Crippen molar-refractivity contribution in [3.05, 3.63) is 72.6 Å². The van der Waals surface area contributed by atoms with Crippen molar-refractivity contribution in [1.29, 1.82) is 0 Å². The molecule has 0 bridgehead atoms. The molecule has 0 amide bonds. The van der Waals surface area contributed by atoms with E-state index in [1.807, 2.05) is 0 Å². The zero-order valence-corrected chi connectivity index (χ0v) is 10.3. The molecule has 0 radical (unpaired) electrons. The van der Waals surface area contributed by atoms with Crippen LogP contribution in [0.15, 0.2) is 60.9 Å². The maximum atomic E-state index is 13.6. The van der Waals surface area contributed by atoms with Gasteiger partial charge in [0.15, 0.2) is 5.75 Å². The average molecular weight is 272 g/mol. The fourth-order valence-electron chi connectivity index (χ4n) is 1.77. The number of benzene rings is 2. The third-order valence-corrected chi connectivity index (χ3v) is 2.71. The lowest BCUT2D eigenvalue weighted by Crippen LogP contribution is -1.96. The minimum absolute atomic E-state index is 0.334. The third-order valence-electron chi connectivity index (χ3n) is 2.71. The molecule has 0 fully saturated rings. The van der Waals surface area contributed by atoms with Crippen molar-refractivity contribution in [3.8, 4) is 17.2 Å². The lowest BCUT2D eigenvalue weighted by Gasteiger charge is -2.03. The van der Waals surface area contributed by atoms with Crippen molar-refractivity contribution < 1.29 is 13.5 Å². The van der Waals surface area contributed by atoms with Gasteiger partial charge in [0.25, 0.3) is 0 Å². The van der Waals surface area contributed by atoms with Crippen LogP contribution in [-0.2, 0) is 0 Å². The Morgan fingerprint density at radius 1 is 0.900 bits per heavy atom. The van der Waals surface area contributed by atoms with E-state index in [9.17, 15) is 8.78 Å². The summed E-state index contributed by atoms with van der Waals surface area (Å²) in [4.78, 5) is 0. The van der Waals surface area contributed by atoms with Gasteiger partial charge in [-0.1, -0.05) is 12.1 Å². The summed E-state index contributed by atoms with van der Waals surface area (Å²) in [5, 5.41) is 4.04. The maximum Gasteiger partial charge on any atom is 0.165 e. The van der Waals surface area contributed by atoms with E-state index < -0.39 is 0 Å². The maximum absolute atomic E-state index is 13.6. The van der Waals surface area contributed by atoms with E-state index in [2.05, 4.69) is 5.10 Å². The molecule has 3 rings (SSSR count). The van der Waals surface area contributed by atoms with E-state index in [1.54, 1.807) is 24.4 Å². The quantitative estimate of drug-likeness (QED) is 0.722. The van der Waals surface area contributed by atoms with Gasteiger partial charge in [-0.15, -0.1) is 0 Å². The standard InChI is InChI=1S/C15H10F2N2O/c16-11-5-7-12(8-6-11)20-13-9-18-19(10-13)15-4-2-1-3-14(15)17/h1-10H. The summed E-state index contributed by atoms with van der Waals surface area (Å²) < 4.78 is 33.3. The van der Waals surface area contributed by atoms with Crippen molar-refractivity contribution in [2.45, 2.75) is 0 Å². The Bertz CT molecular complexity index is 723. The first-order valence-electron chi connectivity index (χ1n) is 5.95. The summed E-state index contributed by atoms with van der Waals surface area (Å²) in [7, 11) is 0. The largest absolute Gasteiger partial charge is 0.454 e. The highest BCUT2D eigenvalue weighted by Crippen LogP contribution is 2.22. The second kappa shape index (κ2) is 5.13. The van der Waals surface area contributed by atoms with Gasteiger partial charge in [0.2, 0.25) is 0 Å². The number of hydrogen-bond donors (Lipinski definition) is 0. The van der Waals surface area contributed by atoms with Crippen LogP contribution in [0.5, 0.6) is 11.5 Å². The van der Waals surface area contributed by atoms with Crippen LogP contribution in [0.25, 0.3) is 5.69 Å². The summed E-state index contributed by atoms with van der Waals surface area (Å²) >= 11 is 0. The number of hydrogen-bond acceptors (Lipinski definition) is 2. The van der Waals surface area contributed by atoms with Gasteiger partial charge >= 0.3 is 0 Å². The molecule has 0 spiro atoms. The van der Waals surface area contributed by atoms with Crippen LogP contribution >= 0.6 is 0 Å². The number of aromatic nitrogens is 2. The monoisotopic (exact) mass is 272 g/mol. The molecule has 0 atom stereocenters. The Labute approximate surface area is 114 Å². The lowest BCUT2D eigenvalue weighted by atomic mass is 10.3. The Hall–Kier alpha value is -2.69. The highest BCUT2D eigenvalue weighted by atomic mass is 19.1. The first kappa shape index (κ1) is 12.3. The molecule has 0 unspecified atom stereocenters. The molecular weight excluding hydrogens is 262 g/mol. The van der Waals surface area contributed by atoms with Crippen LogP contribution in [0.2, 0.25) is 0 Å². The topological polar surface area (TPSA) is 27.1 Å². The zero-order chi connectivity index (χ0) is 13.9. The van der Waals surface area contributed by atoms with Gasteiger partial charge in [0.1, 0.15) is 23.1 Å². The van der Waals surface area contributed by atoms with Crippen LogP contribution in [0, 0.1) is 11.6 Å². The summed E-state index contributed by atoms with van der Waals surface area (Å²) in [6, 6.07) is 11.9. The molecule has 1 heterocycles. The van der Waals surface area contributed by atoms with E-state index in [0.29, 0.717) is 17.2 Å². The van der Waals surface area contributed by atoms with Crippen molar-refractivity contribution in [2.75, 3.05) is 0 Å². The van der Waals surface area contributed by atoms with Gasteiger partial charge in [-0.3, -0.25) is 0 Å². The number of para-hydroxylation sites is 1. The Morgan fingerprint density at radius 3 is 2.40 bits per heavy atom. The molecule has 20 heavy (non-hydrogen) atoms. The highest BCUT2D eigenvalue weighted by molar-refractivity contribution is 5.35. The molecule has 1 aromatic heterocycles. The molecule has 0 saturated heterocycles. The molecule has 0 aliphatic heterocycles. The summed E-state index contributed by atoms with van der Waals surface area (Å²) in [6.07, 6.45) is 3.03. The van der Waals surface area contributed by atoms with E-state index in [-0.39, 0.29) is 11.6 Å². The van der Waals surface area contributed by atoms with Crippen LogP contribution in [0.3, 0.4) is 0 Å². The first-order valence-corrected chi connectivity index (χ1v) is 5.95. The van der Waals surface area contributed by atoms with Crippen molar-refractivity contribution in [1.82, 2.24) is 9.78 Å². The van der Waals surface area contributed by atoms with Crippen molar-refractivity contribution in [3.63, 3.8) is 0 Å². The van der Waals surface area contributed by atoms with E-state index in [1.165, 1.54) is 41.2 Å². The van der Waals surface area contributed by atoms with Crippen molar-refractivity contribution >= 4 is 0 Å². The van der Waals surface area contributed by atoms with Gasteiger partial charge in [-0.2, -0.15) is 5.10 Å². The minimum atomic E-state index is -0.371. The predicted octanol–water partition coefficient (Wildman–Crippen LogP) is 3.94. The first-order chi connectivity index (χ1) is 9.72. The van der Waals surface area contributed by atoms with Gasteiger partial charge in [0.05, 0.1) is 12.4 Å². The number of rotatable bonds is 3. The third kappa shape index (κ3) is 2.51. The molecule has 2 aromatic carbocycles. The summed E-state index contributed by atoms with van der Waals surface area (Å²) in [5.74, 6) is 0.225.